The first kappa shape index (κ1) is 20.5. The molecule has 0 N–H and O–H groups in total. The van der Waals surface area contributed by atoms with Crippen LogP contribution in [0.1, 0.15) is 22.6 Å². The van der Waals surface area contributed by atoms with Crippen molar-refractivity contribution in [1.29, 1.82) is 0 Å². The third-order valence-corrected chi connectivity index (χ3v) is 8.63. The van der Waals surface area contributed by atoms with Crippen LogP contribution in [-0.2, 0) is 25.6 Å². The van der Waals surface area contributed by atoms with Gasteiger partial charge in [0.15, 0.2) is 16.7 Å². The van der Waals surface area contributed by atoms with Gasteiger partial charge in [-0.15, -0.1) is 22.7 Å². The van der Waals surface area contributed by atoms with Crippen molar-refractivity contribution in [3.8, 4) is 22.1 Å². The second-order valence-electron chi connectivity index (χ2n) is 7.30. The first-order valence-corrected chi connectivity index (χ1v) is 12.6. The minimum atomic E-state index is 0.0659. The quantitative estimate of drug-likeness (QED) is 0.294. The number of hydrogen-bond donors (Lipinski definition) is 0. The molecule has 0 unspecified atom stereocenters. The summed E-state index contributed by atoms with van der Waals surface area (Å²) in [5, 5.41) is 4.53. The first-order valence-electron chi connectivity index (χ1n) is 9.90. The molecule has 0 saturated carbocycles. The van der Waals surface area contributed by atoms with Gasteiger partial charge in [-0.3, -0.25) is 9.36 Å². The summed E-state index contributed by atoms with van der Waals surface area (Å²) in [6.07, 6.45) is 3.21. The fourth-order valence-electron chi connectivity index (χ4n) is 3.85. The fourth-order valence-corrected chi connectivity index (χ4v) is 6.94. The molecule has 3 aromatic heterocycles. The molecule has 0 fully saturated rings. The molecule has 0 amide bonds. The molecular formula is C22H21N3O3S3. The maximum Gasteiger partial charge on any atom is 0.262 e. The molecule has 0 aliphatic heterocycles. The number of ether oxygens (including phenoxy) is 2. The van der Waals surface area contributed by atoms with Crippen molar-refractivity contribution in [3.05, 3.63) is 50.1 Å². The van der Waals surface area contributed by atoms with Crippen molar-refractivity contribution in [2.24, 2.45) is 7.05 Å². The van der Waals surface area contributed by atoms with Gasteiger partial charge < -0.3 is 9.47 Å². The Hall–Kier alpha value is -2.36. The Kier molecular flexibility index (Phi) is 5.49. The Morgan fingerprint density at radius 3 is 2.81 bits per heavy atom. The normalized spacial score (nSPS) is 13.0. The van der Waals surface area contributed by atoms with Crippen molar-refractivity contribution in [3.63, 3.8) is 0 Å². The lowest BCUT2D eigenvalue weighted by atomic mass is 10.2. The average molecular weight is 472 g/mol. The maximum absolute atomic E-state index is 13.0. The number of aryl methyl sites for hydroxylation is 2. The van der Waals surface area contributed by atoms with E-state index in [-0.39, 0.29) is 5.56 Å². The molecule has 4 aromatic rings. The molecule has 9 heteroatoms. The van der Waals surface area contributed by atoms with Crippen LogP contribution in [-0.4, -0.2) is 28.8 Å². The number of aromatic nitrogens is 3. The maximum atomic E-state index is 13.0. The molecule has 0 radical (unpaired) electrons. The largest absolute Gasteiger partial charge is 0.493 e. The highest BCUT2D eigenvalue weighted by Crippen LogP contribution is 2.36. The van der Waals surface area contributed by atoms with Gasteiger partial charge in [-0.1, -0.05) is 11.8 Å². The first-order chi connectivity index (χ1) is 15.1. The second-order valence-corrected chi connectivity index (χ2v) is 10.2. The van der Waals surface area contributed by atoms with E-state index in [9.17, 15) is 4.79 Å². The number of thiophene rings is 1. The number of nitrogens with zero attached hydrogens (tertiary/aromatic N) is 3. The Morgan fingerprint density at radius 1 is 1.16 bits per heavy atom. The second kappa shape index (κ2) is 8.29. The van der Waals surface area contributed by atoms with Gasteiger partial charge in [0.25, 0.3) is 5.56 Å². The Labute approximate surface area is 191 Å². The number of thioether (sulfide) groups is 1. The van der Waals surface area contributed by atoms with Crippen LogP contribution in [0.3, 0.4) is 0 Å². The number of hydrogen-bond acceptors (Lipinski definition) is 8. The molecule has 1 aromatic carbocycles. The van der Waals surface area contributed by atoms with Gasteiger partial charge in [-0.2, -0.15) is 0 Å². The van der Waals surface area contributed by atoms with E-state index in [1.807, 2.05) is 25.2 Å². The van der Waals surface area contributed by atoms with Crippen molar-refractivity contribution < 1.29 is 9.47 Å². The smallest absolute Gasteiger partial charge is 0.262 e. The molecular weight excluding hydrogens is 450 g/mol. The summed E-state index contributed by atoms with van der Waals surface area (Å²) in [5.41, 5.74) is 3.24. The minimum Gasteiger partial charge on any atom is -0.493 e. The number of thiazole rings is 1. The Bertz CT molecular complexity index is 1340. The zero-order valence-electron chi connectivity index (χ0n) is 17.4. The van der Waals surface area contributed by atoms with E-state index in [2.05, 4.69) is 5.38 Å². The van der Waals surface area contributed by atoms with Crippen LogP contribution in [0.5, 0.6) is 11.5 Å². The summed E-state index contributed by atoms with van der Waals surface area (Å²) >= 11 is 4.82. The van der Waals surface area contributed by atoms with E-state index in [4.69, 9.17) is 19.4 Å². The molecule has 1 aliphatic carbocycles. The molecule has 0 atom stereocenters. The van der Waals surface area contributed by atoms with E-state index in [0.29, 0.717) is 17.3 Å². The highest BCUT2D eigenvalue weighted by Gasteiger charge is 2.22. The van der Waals surface area contributed by atoms with Crippen LogP contribution in [0.15, 0.2) is 33.5 Å². The molecule has 5 rings (SSSR count). The highest BCUT2D eigenvalue weighted by atomic mass is 32.2. The van der Waals surface area contributed by atoms with Crippen LogP contribution in [0.2, 0.25) is 0 Å². The lowest BCUT2D eigenvalue weighted by molar-refractivity contribution is 0.355. The van der Waals surface area contributed by atoms with E-state index in [0.717, 1.165) is 50.9 Å². The van der Waals surface area contributed by atoms with E-state index < -0.39 is 0 Å². The monoisotopic (exact) mass is 471 g/mol. The van der Waals surface area contributed by atoms with Gasteiger partial charge in [0.1, 0.15) is 9.84 Å². The summed E-state index contributed by atoms with van der Waals surface area (Å²) in [7, 11) is 5.06. The van der Waals surface area contributed by atoms with E-state index >= 15 is 0 Å². The standard InChI is InChI=1S/C22H21N3O3S3/c1-25-21(26)18-14-5-4-6-17(14)31-20(18)24-22(25)30-11-13-10-29-19(23-13)12-7-8-15(27-2)16(9-12)28-3/h7-10H,4-6,11H2,1-3H3. The SMILES string of the molecule is COc1ccc(-c2nc(CSc3nc4sc5c(c4c(=O)n3C)CCC5)cs2)cc1OC. The number of fused-ring (bicyclic) bond motifs is 3. The fraction of sp³-hybridized carbons (Fsp3) is 0.318. The number of benzene rings is 1. The Balaban J connectivity index is 1.38. The molecule has 3 heterocycles. The molecule has 160 valence electrons. The topological polar surface area (TPSA) is 66.2 Å². The van der Waals surface area contributed by atoms with E-state index in [1.165, 1.54) is 10.4 Å². The number of rotatable bonds is 6. The summed E-state index contributed by atoms with van der Waals surface area (Å²) in [6.45, 7) is 0. The Morgan fingerprint density at radius 2 is 2.00 bits per heavy atom. The van der Waals surface area contributed by atoms with Gasteiger partial charge >= 0.3 is 0 Å². The zero-order valence-corrected chi connectivity index (χ0v) is 19.9. The minimum absolute atomic E-state index is 0.0659. The third-order valence-electron chi connectivity index (χ3n) is 5.44. The molecule has 0 bridgehead atoms. The van der Waals surface area contributed by atoms with Crippen LogP contribution in [0.4, 0.5) is 0 Å². The number of methoxy groups -OCH3 is 2. The summed E-state index contributed by atoms with van der Waals surface area (Å²) < 4.78 is 12.4. The van der Waals surface area contributed by atoms with Gasteiger partial charge in [-0.25, -0.2) is 9.97 Å². The molecule has 0 spiro atoms. The lowest BCUT2D eigenvalue weighted by Crippen LogP contribution is -2.20. The van der Waals surface area contributed by atoms with Gasteiger partial charge in [0.2, 0.25) is 0 Å². The third kappa shape index (κ3) is 3.64. The van der Waals surface area contributed by atoms with Crippen molar-refractivity contribution in [1.82, 2.24) is 14.5 Å². The molecule has 1 aliphatic rings. The predicted octanol–water partition coefficient (Wildman–Crippen LogP) is 4.92. The summed E-state index contributed by atoms with van der Waals surface area (Å²) in [4.78, 5) is 24.8. The van der Waals surface area contributed by atoms with Crippen LogP contribution < -0.4 is 15.0 Å². The van der Waals surface area contributed by atoms with Crippen LogP contribution in [0, 0.1) is 0 Å². The van der Waals surface area contributed by atoms with Crippen molar-refractivity contribution in [2.45, 2.75) is 30.2 Å². The molecule has 0 saturated heterocycles. The van der Waals surface area contributed by atoms with Crippen LogP contribution >= 0.6 is 34.4 Å². The molecule has 6 nitrogen and oxygen atoms in total. The lowest BCUT2D eigenvalue weighted by Gasteiger charge is -2.08. The van der Waals surface area contributed by atoms with Gasteiger partial charge in [-0.05, 0) is 43.0 Å². The highest BCUT2D eigenvalue weighted by molar-refractivity contribution is 7.98. The van der Waals surface area contributed by atoms with Gasteiger partial charge in [0.05, 0.1) is 25.3 Å². The summed E-state index contributed by atoms with van der Waals surface area (Å²) in [6, 6.07) is 5.80. The van der Waals surface area contributed by atoms with Crippen molar-refractivity contribution >= 4 is 44.7 Å². The van der Waals surface area contributed by atoms with Crippen LogP contribution in [0.25, 0.3) is 20.8 Å². The zero-order chi connectivity index (χ0) is 21.5. The van der Waals surface area contributed by atoms with E-state index in [1.54, 1.807) is 53.2 Å². The molecule has 31 heavy (non-hydrogen) atoms. The predicted molar refractivity (Wildman–Crippen MR) is 127 cm³/mol. The summed E-state index contributed by atoms with van der Waals surface area (Å²) in [5.74, 6) is 2.03. The van der Waals surface area contributed by atoms with Crippen molar-refractivity contribution in [2.75, 3.05) is 14.2 Å². The average Bonchev–Trinajstić information content (AvgIpc) is 3.50. The van der Waals surface area contributed by atoms with Gasteiger partial charge in [0, 0.05) is 28.6 Å².